The van der Waals surface area contributed by atoms with Crippen molar-refractivity contribution in [1.82, 2.24) is 9.80 Å². The van der Waals surface area contributed by atoms with Crippen molar-refractivity contribution >= 4 is 11.9 Å². The number of benzene rings is 1. The van der Waals surface area contributed by atoms with E-state index in [9.17, 15) is 9.59 Å². The Bertz CT molecular complexity index is 556. The van der Waals surface area contributed by atoms with E-state index in [1.54, 1.807) is 12.1 Å². The molecule has 2 rings (SSSR count). The predicted molar refractivity (Wildman–Crippen MR) is 86.8 cm³/mol. The molecule has 1 fully saturated rings. The van der Waals surface area contributed by atoms with Crippen molar-refractivity contribution in [3.05, 3.63) is 29.8 Å². The molecule has 6 nitrogen and oxygen atoms in total. The maximum absolute atomic E-state index is 12.1. The van der Waals surface area contributed by atoms with Crippen molar-refractivity contribution in [3.63, 3.8) is 0 Å². The third-order valence-corrected chi connectivity index (χ3v) is 4.29. The summed E-state index contributed by atoms with van der Waals surface area (Å²) in [7, 11) is 4.04. The van der Waals surface area contributed by atoms with Gasteiger partial charge in [-0.1, -0.05) is 6.92 Å². The summed E-state index contributed by atoms with van der Waals surface area (Å²) >= 11 is 0. The summed E-state index contributed by atoms with van der Waals surface area (Å²) in [6.45, 7) is 3.02. The summed E-state index contributed by atoms with van der Waals surface area (Å²) in [6, 6.07) is 6.72. The van der Waals surface area contributed by atoms with E-state index in [4.69, 9.17) is 9.84 Å². The summed E-state index contributed by atoms with van der Waals surface area (Å²) in [5.74, 6) is -0.197. The normalized spacial score (nSPS) is 20.8. The number of carbonyl (C=O) groups excluding carboxylic acids is 1. The smallest absolute Gasteiger partial charge is 0.335 e. The lowest BCUT2D eigenvalue weighted by atomic mass is 10.1. The fourth-order valence-corrected chi connectivity index (χ4v) is 2.82. The van der Waals surface area contributed by atoms with Crippen LogP contribution in [0.1, 0.15) is 30.1 Å². The Hall–Kier alpha value is -2.08. The maximum atomic E-state index is 12.1. The van der Waals surface area contributed by atoms with E-state index in [0.29, 0.717) is 24.8 Å². The number of carboxylic acids is 1. The molecule has 1 amide bonds. The number of nitrogens with zero attached hydrogens (tertiary/aromatic N) is 2. The lowest BCUT2D eigenvalue weighted by molar-refractivity contribution is -0.132. The highest BCUT2D eigenvalue weighted by molar-refractivity contribution is 5.87. The van der Waals surface area contributed by atoms with E-state index in [0.717, 1.165) is 13.0 Å². The van der Waals surface area contributed by atoms with Crippen LogP contribution in [0.4, 0.5) is 0 Å². The molecule has 1 aromatic carbocycles. The van der Waals surface area contributed by atoms with Gasteiger partial charge >= 0.3 is 5.97 Å². The quantitative estimate of drug-likeness (QED) is 0.864. The second kappa shape index (κ2) is 7.46. The van der Waals surface area contributed by atoms with E-state index < -0.39 is 5.97 Å². The second-order valence-corrected chi connectivity index (χ2v) is 6.05. The first-order chi connectivity index (χ1) is 10.9. The first-order valence-electron chi connectivity index (χ1n) is 7.84. The molecule has 1 N–H and O–H groups in total. The van der Waals surface area contributed by atoms with E-state index in [-0.39, 0.29) is 17.5 Å². The van der Waals surface area contributed by atoms with Crippen LogP contribution >= 0.6 is 0 Å². The molecule has 0 bridgehead atoms. The molecule has 1 heterocycles. The van der Waals surface area contributed by atoms with Crippen LogP contribution in [0.25, 0.3) is 0 Å². The van der Waals surface area contributed by atoms with Gasteiger partial charge in [0.15, 0.2) is 0 Å². The largest absolute Gasteiger partial charge is 0.491 e. The van der Waals surface area contributed by atoms with Gasteiger partial charge < -0.3 is 19.6 Å². The Morgan fingerprint density at radius 3 is 2.48 bits per heavy atom. The average Bonchev–Trinajstić information content (AvgIpc) is 2.97. The van der Waals surface area contributed by atoms with Crippen molar-refractivity contribution in [2.45, 2.75) is 31.8 Å². The molecule has 0 radical (unpaired) electrons. The number of hydrogen-bond donors (Lipinski definition) is 1. The highest BCUT2D eigenvalue weighted by atomic mass is 16.5. The number of likely N-dealkylation sites (tertiary alicyclic amines) is 1. The first-order valence-corrected chi connectivity index (χ1v) is 7.84. The number of likely N-dealkylation sites (N-methyl/N-ethyl adjacent to an activating group) is 1. The number of amides is 1. The molecular weight excluding hydrogens is 296 g/mol. The van der Waals surface area contributed by atoms with Crippen LogP contribution in [-0.4, -0.2) is 66.1 Å². The van der Waals surface area contributed by atoms with Gasteiger partial charge in [-0.25, -0.2) is 4.79 Å². The molecule has 1 aliphatic heterocycles. The molecule has 1 aromatic rings. The Labute approximate surface area is 136 Å². The van der Waals surface area contributed by atoms with E-state index in [1.165, 1.54) is 12.1 Å². The Morgan fingerprint density at radius 2 is 1.96 bits per heavy atom. The standard InChI is InChI=1S/C17H24N2O4/c1-4-16(20)19-10-13(18(2)3)9-14(19)11-23-15-7-5-12(6-8-15)17(21)22/h5-8,13-14H,4,9-11H2,1-3H3,(H,21,22)/t13-,14-/m0/s1. The van der Waals surface area contributed by atoms with Gasteiger partial charge in [0, 0.05) is 19.0 Å². The number of rotatable bonds is 6. The number of carbonyl (C=O) groups is 2. The molecule has 0 aromatic heterocycles. The van der Waals surface area contributed by atoms with Gasteiger partial charge in [-0.3, -0.25) is 4.79 Å². The van der Waals surface area contributed by atoms with E-state index >= 15 is 0 Å². The fourth-order valence-electron chi connectivity index (χ4n) is 2.82. The molecule has 126 valence electrons. The first kappa shape index (κ1) is 17.3. The van der Waals surface area contributed by atoms with Gasteiger partial charge in [0.1, 0.15) is 12.4 Å². The summed E-state index contributed by atoms with van der Waals surface area (Å²) in [4.78, 5) is 27.0. The molecule has 1 saturated heterocycles. The molecule has 0 saturated carbocycles. The minimum Gasteiger partial charge on any atom is -0.491 e. The van der Waals surface area contributed by atoms with Crippen LogP contribution in [0.5, 0.6) is 5.75 Å². The van der Waals surface area contributed by atoms with Crippen LogP contribution < -0.4 is 4.74 Å². The van der Waals surface area contributed by atoms with Crippen molar-refractivity contribution in [3.8, 4) is 5.75 Å². The number of ether oxygens (including phenoxy) is 1. The van der Waals surface area contributed by atoms with Gasteiger partial charge in [-0.05, 0) is 44.8 Å². The van der Waals surface area contributed by atoms with E-state index in [2.05, 4.69) is 4.90 Å². The van der Waals surface area contributed by atoms with Crippen molar-refractivity contribution in [2.24, 2.45) is 0 Å². The Morgan fingerprint density at radius 1 is 1.30 bits per heavy atom. The minimum atomic E-state index is -0.958. The molecule has 0 unspecified atom stereocenters. The highest BCUT2D eigenvalue weighted by Crippen LogP contribution is 2.23. The van der Waals surface area contributed by atoms with Crippen LogP contribution in [0.2, 0.25) is 0 Å². The second-order valence-electron chi connectivity index (χ2n) is 6.05. The average molecular weight is 320 g/mol. The van der Waals surface area contributed by atoms with E-state index in [1.807, 2.05) is 25.9 Å². The summed E-state index contributed by atoms with van der Waals surface area (Å²) in [5.41, 5.74) is 0.230. The molecule has 23 heavy (non-hydrogen) atoms. The third-order valence-electron chi connectivity index (χ3n) is 4.29. The van der Waals surface area contributed by atoms with Crippen molar-refractivity contribution in [1.29, 1.82) is 0 Å². The zero-order valence-electron chi connectivity index (χ0n) is 13.9. The van der Waals surface area contributed by atoms with Crippen LogP contribution in [0.3, 0.4) is 0 Å². The van der Waals surface area contributed by atoms with Crippen molar-refractivity contribution in [2.75, 3.05) is 27.2 Å². The number of hydrogen-bond acceptors (Lipinski definition) is 4. The van der Waals surface area contributed by atoms with Gasteiger partial charge in [-0.15, -0.1) is 0 Å². The van der Waals surface area contributed by atoms with Gasteiger partial charge in [0.05, 0.1) is 11.6 Å². The summed E-state index contributed by atoms with van der Waals surface area (Å²) in [5, 5.41) is 8.89. The highest BCUT2D eigenvalue weighted by Gasteiger charge is 2.35. The number of aromatic carboxylic acids is 1. The van der Waals surface area contributed by atoms with Crippen LogP contribution in [-0.2, 0) is 4.79 Å². The fraction of sp³-hybridized carbons (Fsp3) is 0.529. The monoisotopic (exact) mass is 320 g/mol. The maximum Gasteiger partial charge on any atom is 0.335 e. The molecule has 6 heteroatoms. The zero-order valence-corrected chi connectivity index (χ0v) is 13.9. The van der Waals surface area contributed by atoms with Crippen LogP contribution in [0, 0.1) is 0 Å². The predicted octanol–water partition coefficient (Wildman–Crippen LogP) is 1.70. The Balaban J connectivity index is 1.99. The lowest BCUT2D eigenvalue weighted by Gasteiger charge is -2.24. The number of carboxylic acid groups (broad SMARTS) is 1. The Kier molecular flexibility index (Phi) is 5.60. The molecule has 1 aliphatic rings. The SMILES string of the molecule is CCC(=O)N1C[C@@H](N(C)C)C[C@H]1COc1ccc(C(=O)O)cc1. The van der Waals surface area contributed by atoms with Gasteiger partial charge in [0.2, 0.25) is 5.91 Å². The zero-order chi connectivity index (χ0) is 17.0. The topological polar surface area (TPSA) is 70.1 Å². The van der Waals surface area contributed by atoms with Gasteiger partial charge in [-0.2, -0.15) is 0 Å². The molecule has 2 atom stereocenters. The summed E-state index contributed by atoms with van der Waals surface area (Å²) < 4.78 is 5.77. The summed E-state index contributed by atoms with van der Waals surface area (Å²) in [6.07, 6.45) is 1.37. The lowest BCUT2D eigenvalue weighted by Crippen LogP contribution is -2.39. The van der Waals surface area contributed by atoms with Gasteiger partial charge in [0.25, 0.3) is 0 Å². The molecule has 0 spiro atoms. The van der Waals surface area contributed by atoms with Crippen LogP contribution in [0.15, 0.2) is 24.3 Å². The van der Waals surface area contributed by atoms with Crippen molar-refractivity contribution < 1.29 is 19.4 Å². The molecular formula is C17H24N2O4. The minimum absolute atomic E-state index is 0.0500. The molecule has 0 aliphatic carbocycles. The third kappa shape index (κ3) is 4.22.